The van der Waals surface area contributed by atoms with Gasteiger partial charge in [0.2, 0.25) is 0 Å². The van der Waals surface area contributed by atoms with Crippen LogP contribution in [-0.2, 0) is 22.6 Å². The Morgan fingerprint density at radius 3 is 2.34 bits per heavy atom. The van der Waals surface area contributed by atoms with Crippen LogP contribution < -0.4 is 4.74 Å². The van der Waals surface area contributed by atoms with Gasteiger partial charge in [-0.15, -0.1) is 0 Å². The van der Waals surface area contributed by atoms with Crippen molar-refractivity contribution in [3.63, 3.8) is 0 Å². The second kappa shape index (κ2) is 11.4. The van der Waals surface area contributed by atoms with Gasteiger partial charge < -0.3 is 9.47 Å². The lowest BCUT2D eigenvalue weighted by Crippen LogP contribution is -2.53. The number of hydrogen-bond acceptors (Lipinski definition) is 4. The van der Waals surface area contributed by atoms with E-state index >= 15 is 0 Å². The second-order valence-corrected chi connectivity index (χ2v) is 11.3. The van der Waals surface area contributed by atoms with Gasteiger partial charge in [0.05, 0.1) is 25.0 Å². The molecule has 0 N–H and O–H groups in total. The largest absolute Gasteiger partial charge is 0.490 e. The number of carbonyl (C=O) groups excluding carboxylic acids is 1. The molecule has 2 heterocycles. The topological polar surface area (TPSA) is 38.8 Å². The highest BCUT2D eigenvalue weighted by atomic mass is 19.4. The minimum atomic E-state index is -4.16. The molecule has 0 radical (unpaired) electrons. The summed E-state index contributed by atoms with van der Waals surface area (Å²) in [5.74, 6) is -0.916. The number of methoxy groups -OCH3 is 1. The second-order valence-electron chi connectivity index (χ2n) is 11.3. The van der Waals surface area contributed by atoms with Crippen molar-refractivity contribution in [2.75, 3.05) is 13.7 Å². The predicted octanol–water partition coefficient (Wildman–Crippen LogP) is 7.16. The highest BCUT2D eigenvalue weighted by Gasteiger charge is 2.42. The molecule has 2 aromatic rings. The first-order chi connectivity index (χ1) is 18.3. The Morgan fingerprint density at radius 1 is 1.00 bits per heavy atom. The van der Waals surface area contributed by atoms with Gasteiger partial charge in [0.15, 0.2) is 0 Å². The number of nitrogens with zero attached hydrogens (tertiary/aromatic N) is 1. The molecule has 2 atom stereocenters. The van der Waals surface area contributed by atoms with E-state index in [1.54, 1.807) is 6.07 Å². The molecular weight excluding hydrogens is 498 g/mol. The molecule has 38 heavy (non-hydrogen) atoms. The highest BCUT2D eigenvalue weighted by Crippen LogP contribution is 2.40. The summed E-state index contributed by atoms with van der Waals surface area (Å²) in [6.07, 6.45) is 2.31. The Bertz CT molecular complexity index is 1110. The molecule has 8 heteroatoms. The number of esters is 1. The van der Waals surface area contributed by atoms with Crippen LogP contribution in [0.4, 0.5) is 17.6 Å². The lowest BCUT2D eigenvalue weighted by molar-refractivity contribution is -0.185. The highest BCUT2D eigenvalue weighted by molar-refractivity contribution is 5.88. The minimum Gasteiger partial charge on any atom is -0.490 e. The van der Waals surface area contributed by atoms with Crippen molar-refractivity contribution in [2.45, 2.75) is 95.2 Å². The van der Waals surface area contributed by atoms with Crippen LogP contribution in [0, 0.1) is 11.8 Å². The van der Waals surface area contributed by atoms with E-state index in [0.717, 1.165) is 49.4 Å². The third kappa shape index (κ3) is 5.80. The molecular formula is C30H37F4NO3. The molecule has 2 bridgehead atoms. The molecule has 2 unspecified atom stereocenters. The maximum atomic E-state index is 14.2. The van der Waals surface area contributed by atoms with Gasteiger partial charge in [0, 0.05) is 24.2 Å². The fourth-order valence-corrected chi connectivity index (χ4v) is 6.98. The molecule has 4 nitrogen and oxygen atoms in total. The molecule has 0 amide bonds. The standard InChI is InChI=1S/C30H37F4NO3/c1-37-29(36)21-16-23-3-2-4-24(17-21)35(23)14-13-19-5-11-26-20(15-19)6-12-28(27(26)18-31)38-25-9-7-22(8-10-25)30(32,33)34/h5-6,11-12,15,21-25H,2-4,7-10,13-14,16-18H2,1H3/t21?,22-,23?,24?,25+. The molecule has 2 saturated heterocycles. The van der Waals surface area contributed by atoms with Gasteiger partial charge in [0.25, 0.3) is 0 Å². The summed E-state index contributed by atoms with van der Waals surface area (Å²) in [6, 6.07) is 10.6. The lowest BCUT2D eigenvalue weighted by atomic mass is 9.78. The van der Waals surface area contributed by atoms with E-state index in [9.17, 15) is 22.4 Å². The van der Waals surface area contributed by atoms with Crippen molar-refractivity contribution in [2.24, 2.45) is 11.8 Å². The van der Waals surface area contributed by atoms with Crippen LogP contribution in [-0.4, -0.2) is 48.9 Å². The monoisotopic (exact) mass is 535 g/mol. The fraction of sp³-hybridized carbons (Fsp3) is 0.633. The van der Waals surface area contributed by atoms with Gasteiger partial charge in [-0.1, -0.05) is 30.7 Å². The smallest absolute Gasteiger partial charge is 0.391 e. The van der Waals surface area contributed by atoms with E-state index in [-0.39, 0.29) is 30.8 Å². The molecule has 1 aliphatic carbocycles. The zero-order valence-corrected chi connectivity index (χ0v) is 21.9. The van der Waals surface area contributed by atoms with Crippen molar-refractivity contribution >= 4 is 16.7 Å². The number of fused-ring (bicyclic) bond motifs is 3. The number of alkyl halides is 4. The molecule has 1 saturated carbocycles. The molecule has 2 aliphatic heterocycles. The summed E-state index contributed by atoms with van der Waals surface area (Å²) < 4.78 is 64.2. The molecule has 0 aromatic heterocycles. The van der Waals surface area contributed by atoms with Crippen molar-refractivity contribution in [1.29, 1.82) is 0 Å². The quantitative estimate of drug-likeness (QED) is 0.279. The number of hydrogen-bond donors (Lipinski definition) is 0. The maximum Gasteiger partial charge on any atom is 0.391 e. The number of ether oxygens (including phenoxy) is 2. The number of carbonyl (C=O) groups is 1. The average molecular weight is 536 g/mol. The van der Waals surface area contributed by atoms with Crippen LogP contribution in [0.3, 0.4) is 0 Å². The zero-order chi connectivity index (χ0) is 26.9. The van der Waals surface area contributed by atoms with Gasteiger partial charge in [-0.2, -0.15) is 13.2 Å². The van der Waals surface area contributed by atoms with Crippen molar-refractivity contribution in [3.8, 4) is 5.75 Å². The Hall–Kier alpha value is -2.35. The Morgan fingerprint density at radius 2 is 1.71 bits per heavy atom. The Balaban J connectivity index is 1.24. The fourth-order valence-electron chi connectivity index (χ4n) is 6.98. The summed E-state index contributed by atoms with van der Waals surface area (Å²) >= 11 is 0. The number of rotatable bonds is 7. The van der Waals surface area contributed by atoms with E-state index in [0.29, 0.717) is 36.2 Å². The first kappa shape index (κ1) is 27.2. The summed E-state index contributed by atoms with van der Waals surface area (Å²) in [5, 5.41) is 1.72. The summed E-state index contributed by atoms with van der Waals surface area (Å²) in [7, 11) is 1.47. The molecule has 3 fully saturated rings. The Labute approximate surface area is 221 Å². The van der Waals surface area contributed by atoms with E-state index in [1.165, 1.54) is 19.1 Å². The van der Waals surface area contributed by atoms with Crippen LogP contribution in [0.2, 0.25) is 0 Å². The SMILES string of the molecule is COC(=O)C1CC2CCCC(C1)N2CCc1ccc2c(CF)c(O[C@H]3CC[C@@H](C(F)(F)F)CC3)ccc2c1. The normalized spacial score (nSPS) is 28.3. The number of halogens is 4. The third-order valence-corrected chi connectivity index (χ3v) is 9.04. The molecule has 3 aliphatic rings. The molecule has 208 valence electrons. The molecule has 2 aromatic carbocycles. The van der Waals surface area contributed by atoms with E-state index in [4.69, 9.17) is 9.47 Å². The maximum absolute atomic E-state index is 14.2. The summed E-state index contributed by atoms with van der Waals surface area (Å²) in [5.41, 5.74) is 1.64. The van der Waals surface area contributed by atoms with Crippen LogP contribution in [0.1, 0.15) is 68.9 Å². The Kier molecular flexibility index (Phi) is 8.17. The molecule has 0 spiro atoms. The van der Waals surface area contributed by atoms with Crippen LogP contribution in [0.25, 0.3) is 10.8 Å². The zero-order valence-electron chi connectivity index (χ0n) is 21.9. The first-order valence-electron chi connectivity index (χ1n) is 13.9. The number of benzene rings is 2. The third-order valence-electron chi connectivity index (χ3n) is 9.04. The van der Waals surface area contributed by atoms with E-state index in [2.05, 4.69) is 11.0 Å². The van der Waals surface area contributed by atoms with Crippen LogP contribution in [0.5, 0.6) is 5.75 Å². The summed E-state index contributed by atoms with van der Waals surface area (Å²) in [4.78, 5) is 14.7. The van der Waals surface area contributed by atoms with E-state index in [1.807, 2.05) is 18.2 Å². The van der Waals surface area contributed by atoms with Gasteiger partial charge in [-0.05, 0) is 80.2 Å². The van der Waals surface area contributed by atoms with Crippen molar-refractivity contribution in [1.82, 2.24) is 4.90 Å². The minimum absolute atomic E-state index is 0.00225. The van der Waals surface area contributed by atoms with E-state index < -0.39 is 18.8 Å². The van der Waals surface area contributed by atoms with Gasteiger partial charge in [-0.25, -0.2) is 4.39 Å². The van der Waals surface area contributed by atoms with Gasteiger partial charge in [0.1, 0.15) is 12.4 Å². The van der Waals surface area contributed by atoms with Crippen LogP contribution >= 0.6 is 0 Å². The number of piperidine rings is 2. The lowest BCUT2D eigenvalue weighted by Gasteiger charge is -2.48. The molecule has 5 rings (SSSR count). The van der Waals surface area contributed by atoms with Crippen molar-refractivity contribution in [3.05, 3.63) is 41.5 Å². The van der Waals surface area contributed by atoms with Crippen LogP contribution in [0.15, 0.2) is 30.3 Å². The first-order valence-corrected chi connectivity index (χ1v) is 13.9. The van der Waals surface area contributed by atoms with Gasteiger partial charge >= 0.3 is 12.1 Å². The van der Waals surface area contributed by atoms with Crippen molar-refractivity contribution < 1.29 is 31.8 Å². The predicted molar refractivity (Wildman–Crippen MR) is 138 cm³/mol. The average Bonchev–Trinajstić information content (AvgIpc) is 2.90. The van der Waals surface area contributed by atoms with Gasteiger partial charge in [-0.3, -0.25) is 9.69 Å². The summed E-state index contributed by atoms with van der Waals surface area (Å²) in [6.45, 7) is 0.231.